The second-order valence-electron chi connectivity index (χ2n) is 5.62. The van der Waals surface area contributed by atoms with E-state index < -0.39 is 0 Å². The lowest BCUT2D eigenvalue weighted by atomic mass is 10.0. The SMILES string of the molecule is Cc1c(O)ccc(-c2[nH]ncc2-c2nncn2-c2ccccc2)c1O. The van der Waals surface area contributed by atoms with E-state index in [4.69, 9.17) is 0 Å². The van der Waals surface area contributed by atoms with E-state index in [1.165, 1.54) is 6.07 Å². The van der Waals surface area contributed by atoms with Crippen LogP contribution in [0.5, 0.6) is 11.5 Å². The van der Waals surface area contributed by atoms with Gasteiger partial charge in [-0.15, -0.1) is 10.2 Å². The van der Waals surface area contributed by atoms with Crippen LogP contribution in [0.1, 0.15) is 5.56 Å². The molecule has 7 nitrogen and oxygen atoms in total. The second kappa shape index (κ2) is 5.79. The minimum atomic E-state index is -0.00345. The van der Waals surface area contributed by atoms with Gasteiger partial charge in [0.15, 0.2) is 5.82 Å². The van der Waals surface area contributed by atoms with Gasteiger partial charge in [0.1, 0.15) is 17.8 Å². The third kappa shape index (κ3) is 2.42. The highest BCUT2D eigenvalue weighted by Gasteiger charge is 2.20. The maximum Gasteiger partial charge on any atom is 0.172 e. The van der Waals surface area contributed by atoms with Gasteiger partial charge < -0.3 is 10.2 Å². The minimum absolute atomic E-state index is 0.00345. The molecule has 0 fully saturated rings. The summed E-state index contributed by atoms with van der Waals surface area (Å²) < 4.78 is 1.85. The fraction of sp³-hybridized carbons (Fsp3) is 0.0556. The van der Waals surface area contributed by atoms with Crippen molar-refractivity contribution in [1.29, 1.82) is 0 Å². The van der Waals surface area contributed by atoms with Gasteiger partial charge in [0, 0.05) is 16.8 Å². The van der Waals surface area contributed by atoms with Crippen LogP contribution >= 0.6 is 0 Å². The number of phenols is 2. The Morgan fingerprint density at radius 2 is 1.80 bits per heavy atom. The van der Waals surface area contributed by atoms with E-state index in [-0.39, 0.29) is 11.5 Å². The normalized spacial score (nSPS) is 10.9. The van der Waals surface area contributed by atoms with Crippen molar-refractivity contribution >= 4 is 0 Å². The first-order chi connectivity index (χ1) is 12.2. The molecule has 4 aromatic rings. The number of hydrogen-bond acceptors (Lipinski definition) is 5. The zero-order chi connectivity index (χ0) is 17.4. The van der Waals surface area contributed by atoms with Crippen molar-refractivity contribution in [2.75, 3.05) is 0 Å². The molecule has 3 N–H and O–H groups in total. The van der Waals surface area contributed by atoms with E-state index in [2.05, 4.69) is 20.4 Å². The first-order valence-corrected chi connectivity index (χ1v) is 7.68. The van der Waals surface area contributed by atoms with Crippen LogP contribution in [0.15, 0.2) is 55.0 Å². The minimum Gasteiger partial charge on any atom is -0.508 e. The molecule has 2 aromatic carbocycles. The topological polar surface area (TPSA) is 99.9 Å². The molecule has 0 aliphatic rings. The maximum atomic E-state index is 10.4. The molecule has 0 unspecified atom stereocenters. The predicted molar refractivity (Wildman–Crippen MR) is 92.4 cm³/mol. The fourth-order valence-electron chi connectivity index (χ4n) is 2.75. The van der Waals surface area contributed by atoms with Gasteiger partial charge in [-0.05, 0) is 31.2 Å². The molecule has 0 bridgehead atoms. The number of hydrogen-bond donors (Lipinski definition) is 3. The molecular formula is C18H15N5O2. The summed E-state index contributed by atoms with van der Waals surface area (Å²) in [6.45, 7) is 1.65. The van der Waals surface area contributed by atoms with Crippen molar-refractivity contribution < 1.29 is 10.2 Å². The van der Waals surface area contributed by atoms with Crippen LogP contribution in [0, 0.1) is 6.92 Å². The summed E-state index contributed by atoms with van der Waals surface area (Å²) in [5.41, 5.74) is 3.15. The number of aromatic nitrogens is 5. The summed E-state index contributed by atoms with van der Waals surface area (Å²) in [7, 11) is 0. The van der Waals surface area contributed by atoms with E-state index in [0.717, 1.165) is 5.69 Å². The zero-order valence-corrected chi connectivity index (χ0v) is 13.4. The third-order valence-electron chi connectivity index (χ3n) is 4.13. The van der Waals surface area contributed by atoms with Crippen LogP contribution in [-0.4, -0.2) is 35.2 Å². The summed E-state index contributed by atoms with van der Waals surface area (Å²) in [5, 5.41) is 35.4. The molecule has 2 aromatic heterocycles. The number of rotatable bonds is 3. The van der Waals surface area contributed by atoms with Crippen molar-refractivity contribution in [2.45, 2.75) is 6.92 Å². The van der Waals surface area contributed by atoms with E-state index >= 15 is 0 Å². The first-order valence-electron chi connectivity index (χ1n) is 7.68. The lowest BCUT2D eigenvalue weighted by molar-refractivity contribution is 0.444. The molecule has 2 heterocycles. The maximum absolute atomic E-state index is 10.4. The van der Waals surface area contributed by atoms with Crippen molar-refractivity contribution in [3.05, 3.63) is 60.6 Å². The van der Waals surface area contributed by atoms with Crippen molar-refractivity contribution in [1.82, 2.24) is 25.0 Å². The molecule has 0 amide bonds. The summed E-state index contributed by atoms with van der Waals surface area (Å²) in [6.07, 6.45) is 3.27. The Morgan fingerprint density at radius 1 is 1.00 bits per heavy atom. The Bertz CT molecular complexity index is 1040. The molecule has 124 valence electrons. The average molecular weight is 333 g/mol. The number of nitrogens with one attached hydrogen (secondary N) is 1. The van der Waals surface area contributed by atoms with Gasteiger partial charge in [-0.1, -0.05) is 18.2 Å². The predicted octanol–water partition coefficient (Wildman–Crippen LogP) is 3.04. The Balaban J connectivity index is 1.88. The largest absolute Gasteiger partial charge is 0.508 e. The van der Waals surface area contributed by atoms with Crippen LogP contribution in [0.4, 0.5) is 0 Å². The van der Waals surface area contributed by atoms with Crippen molar-refractivity contribution in [3.63, 3.8) is 0 Å². The van der Waals surface area contributed by atoms with Gasteiger partial charge in [0.25, 0.3) is 0 Å². The van der Waals surface area contributed by atoms with Crippen molar-refractivity contribution in [2.24, 2.45) is 0 Å². The number of benzene rings is 2. The fourth-order valence-corrected chi connectivity index (χ4v) is 2.75. The lowest BCUT2D eigenvalue weighted by Gasteiger charge is -2.10. The van der Waals surface area contributed by atoms with Crippen LogP contribution in [0.2, 0.25) is 0 Å². The van der Waals surface area contributed by atoms with E-state index in [9.17, 15) is 10.2 Å². The molecule has 0 spiro atoms. The van der Waals surface area contributed by atoms with Crippen LogP contribution in [0.25, 0.3) is 28.3 Å². The van der Waals surface area contributed by atoms with E-state index in [0.29, 0.717) is 28.2 Å². The van der Waals surface area contributed by atoms with Gasteiger partial charge in [-0.25, -0.2) is 0 Å². The molecular weight excluding hydrogens is 318 g/mol. The number of phenolic OH excluding ortho intramolecular Hbond substituents is 2. The van der Waals surface area contributed by atoms with Gasteiger partial charge in [-0.3, -0.25) is 9.67 Å². The third-order valence-corrected chi connectivity index (χ3v) is 4.13. The number of para-hydroxylation sites is 1. The number of aromatic hydroxyl groups is 2. The summed E-state index contributed by atoms with van der Waals surface area (Å²) in [6, 6.07) is 12.9. The van der Waals surface area contributed by atoms with E-state index in [1.54, 1.807) is 25.5 Å². The number of H-pyrrole nitrogens is 1. The highest BCUT2D eigenvalue weighted by atomic mass is 16.3. The molecule has 0 aliphatic heterocycles. The monoisotopic (exact) mass is 333 g/mol. The highest BCUT2D eigenvalue weighted by Crippen LogP contribution is 2.39. The molecule has 0 aliphatic carbocycles. The van der Waals surface area contributed by atoms with Gasteiger partial charge >= 0.3 is 0 Å². The molecule has 7 heteroatoms. The Morgan fingerprint density at radius 3 is 2.60 bits per heavy atom. The van der Waals surface area contributed by atoms with Gasteiger partial charge in [0.05, 0.1) is 17.5 Å². The van der Waals surface area contributed by atoms with Gasteiger partial charge in [0.2, 0.25) is 0 Å². The molecule has 0 atom stereocenters. The average Bonchev–Trinajstić information content (AvgIpc) is 3.29. The lowest BCUT2D eigenvalue weighted by Crippen LogP contribution is -1.96. The summed E-state index contributed by atoms with van der Waals surface area (Å²) >= 11 is 0. The number of nitrogens with zero attached hydrogens (tertiary/aromatic N) is 4. The number of aromatic amines is 1. The van der Waals surface area contributed by atoms with Crippen LogP contribution in [-0.2, 0) is 0 Å². The van der Waals surface area contributed by atoms with E-state index in [1.807, 2.05) is 34.9 Å². The Labute approximate surface area is 143 Å². The second-order valence-corrected chi connectivity index (χ2v) is 5.62. The molecule has 0 saturated carbocycles. The van der Waals surface area contributed by atoms with Crippen LogP contribution in [0.3, 0.4) is 0 Å². The first kappa shape index (κ1) is 14.9. The Hall–Kier alpha value is -3.61. The van der Waals surface area contributed by atoms with Crippen molar-refractivity contribution in [3.8, 4) is 39.8 Å². The molecule has 4 rings (SSSR count). The Kier molecular flexibility index (Phi) is 3.46. The zero-order valence-electron chi connectivity index (χ0n) is 13.4. The standard InChI is InChI=1S/C18H15N5O2/c1-11-15(24)8-7-13(17(11)25)16-14(9-19-21-16)18-22-20-10-23(18)12-5-3-2-4-6-12/h2-10,24-25H,1H3,(H,19,21). The smallest absolute Gasteiger partial charge is 0.172 e. The van der Waals surface area contributed by atoms with Crippen LogP contribution < -0.4 is 0 Å². The quantitative estimate of drug-likeness (QED) is 0.535. The summed E-state index contributed by atoms with van der Waals surface area (Å²) in [5.74, 6) is 0.631. The molecule has 0 radical (unpaired) electrons. The van der Waals surface area contributed by atoms with Gasteiger partial charge in [-0.2, -0.15) is 5.10 Å². The summed E-state index contributed by atoms with van der Waals surface area (Å²) in [4.78, 5) is 0. The highest BCUT2D eigenvalue weighted by molar-refractivity contribution is 5.82. The molecule has 0 saturated heterocycles. The molecule has 25 heavy (non-hydrogen) atoms.